The molecule has 1 aromatic carbocycles. The molecule has 0 fully saturated rings. The van der Waals surface area contributed by atoms with Gasteiger partial charge in [0.05, 0.1) is 30.9 Å². The highest BCUT2D eigenvalue weighted by Gasteiger charge is 2.35. The zero-order valence-corrected chi connectivity index (χ0v) is 19.4. The number of hydrogen-bond acceptors (Lipinski definition) is 5. The molecule has 1 aliphatic carbocycles. The van der Waals surface area contributed by atoms with E-state index < -0.39 is 29.9 Å². The lowest BCUT2D eigenvalue weighted by Gasteiger charge is -2.34. The number of benzene rings is 1. The standard InChI is InChI=1S/C24H31F3N2O4/c1-5-19(6-2)33-21-13-17(23(31)32-7-3)12-20(22(21)29-15(4)30)28-14-16-9-8-10-18(11-16)24(25,26)27/h8-11,13,19,21-22H,5-7,12,14H2,1-4H3,(H,29,30)/t21-,22-/m1/s1. The molecule has 0 spiro atoms. The molecular weight excluding hydrogens is 437 g/mol. The van der Waals surface area contributed by atoms with E-state index in [9.17, 15) is 22.8 Å². The van der Waals surface area contributed by atoms with Crippen LogP contribution in [0.3, 0.4) is 0 Å². The van der Waals surface area contributed by atoms with Crippen LogP contribution in [0.15, 0.2) is 40.9 Å². The number of aliphatic imine (C=N–C) groups is 1. The Morgan fingerprint density at radius 3 is 2.48 bits per heavy atom. The Balaban J connectivity index is 2.42. The first kappa shape index (κ1) is 26.6. The van der Waals surface area contributed by atoms with E-state index in [4.69, 9.17) is 9.47 Å². The predicted octanol–water partition coefficient (Wildman–Crippen LogP) is 4.62. The molecule has 0 aromatic heterocycles. The number of rotatable bonds is 9. The topological polar surface area (TPSA) is 77.0 Å². The molecule has 0 heterocycles. The zero-order valence-electron chi connectivity index (χ0n) is 19.4. The third-order valence-corrected chi connectivity index (χ3v) is 5.30. The molecule has 9 heteroatoms. The van der Waals surface area contributed by atoms with Crippen molar-refractivity contribution < 1.29 is 32.2 Å². The molecule has 0 saturated heterocycles. The first-order valence-electron chi connectivity index (χ1n) is 11.1. The summed E-state index contributed by atoms with van der Waals surface area (Å²) in [7, 11) is 0. The second-order valence-corrected chi connectivity index (χ2v) is 7.81. The van der Waals surface area contributed by atoms with Crippen LogP contribution in [0, 0.1) is 0 Å². The van der Waals surface area contributed by atoms with Crippen LogP contribution in [-0.2, 0) is 31.8 Å². The number of esters is 1. The molecule has 0 unspecified atom stereocenters. The molecule has 0 radical (unpaired) electrons. The molecule has 0 aliphatic heterocycles. The third-order valence-electron chi connectivity index (χ3n) is 5.30. The van der Waals surface area contributed by atoms with Crippen LogP contribution < -0.4 is 5.32 Å². The summed E-state index contributed by atoms with van der Waals surface area (Å²) in [6.45, 7) is 7.17. The first-order chi connectivity index (χ1) is 15.6. The van der Waals surface area contributed by atoms with E-state index in [2.05, 4.69) is 10.3 Å². The molecule has 1 amide bonds. The second kappa shape index (κ2) is 12.0. The van der Waals surface area contributed by atoms with Gasteiger partial charge in [0, 0.05) is 24.6 Å². The number of halogens is 3. The maximum atomic E-state index is 13.1. The van der Waals surface area contributed by atoms with Crippen molar-refractivity contribution in [3.05, 3.63) is 47.0 Å². The van der Waals surface area contributed by atoms with E-state index in [1.54, 1.807) is 19.1 Å². The summed E-state index contributed by atoms with van der Waals surface area (Å²) in [5.41, 5.74) is 0.397. The predicted molar refractivity (Wildman–Crippen MR) is 119 cm³/mol. The van der Waals surface area contributed by atoms with Crippen molar-refractivity contribution in [2.45, 2.75) is 77.9 Å². The van der Waals surface area contributed by atoms with Gasteiger partial charge in [0.25, 0.3) is 0 Å². The molecule has 33 heavy (non-hydrogen) atoms. The van der Waals surface area contributed by atoms with Crippen molar-refractivity contribution in [3.8, 4) is 0 Å². The average Bonchev–Trinajstić information content (AvgIpc) is 2.76. The molecule has 2 atom stereocenters. The Labute approximate surface area is 192 Å². The van der Waals surface area contributed by atoms with Gasteiger partial charge in [-0.2, -0.15) is 13.2 Å². The maximum absolute atomic E-state index is 13.1. The van der Waals surface area contributed by atoms with Gasteiger partial charge >= 0.3 is 12.1 Å². The Morgan fingerprint density at radius 2 is 1.91 bits per heavy atom. The average molecular weight is 469 g/mol. The molecule has 0 bridgehead atoms. The number of nitrogens with zero attached hydrogens (tertiary/aromatic N) is 1. The molecule has 182 valence electrons. The summed E-state index contributed by atoms with van der Waals surface area (Å²) >= 11 is 0. The van der Waals surface area contributed by atoms with Crippen molar-refractivity contribution in [2.75, 3.05) is 6.61 Å². The fraction of sp³-hybridized carbons (Fsp3) is 0.542. The van der Waals surface area contributed by atoms with E-state index >= 15 is 0 Å². The molecule has 2 rings (SSSR count). The van der Waals surface area contributed by atoms with E-state index in [1.165, 1.54) is 13.0 Å². The molecule has 0 saturated carbocycles. The minimum Gasteiger partial charge on any atom is -0.463 e. The van der Waals surface area contributed by atoms with Crippen LogP contribution in [0.5, 0.6) is 0 Å². The number of alkyl halides is 3. The SMILES string of the molecule is CCOC(=O)C1=C[C@@H](OC(CC)CC)[C@H](NC(C)=O)C(=NCc2cccc(C(F)(F)F)c2)C1. The Bertz CT molecular complexity index is 892. The van der Waals surface area contributed by atoms with E-state index in [0.717, 1.165) is 25.0 Å². The van der Waals surface area contributed by atoms with Crippen molar-refractivity contribution in [3.63, 3.8) is 0 Å². The summed E-state index contributed by atoms with van der Waals surface area (Å²) in [6, 6.07) is 4.27. The highest BCUT2D eigenvalue weighted by molar-refractivity contribution is 6.03. The Hall–Kier alpha value is -2.68. The molecule has 1 aliphatic rings. The third kappa shape index (κ3) is 7.70. The van der Waals surface area contributed by atoms with Gasteiger partial charge in [-0.15, -0.1) is 0 Å². The Kier molecular flexibility index (Phi) is 9.64. The van der Waals surface area contributed by atoms with Gasteiger partial charge < -0.3 is 14.8 Å². The van der Waals surface area contributed by atoms with Gasteiger partial charge in [0.15, 0.2) is 0 Å². The van der Waals surface area contributed by atoms with Gasteiger partial charge in [-0.05, 0) is 43.5 Å². The first-order valence-corrected chi connectivity index (χ1v) is 11.1. The number of hydrogen-bond donors (Lipinski definition) is 1. The highest BCUT2D eigenvalue weighted by atomic mass is 19.4. The zero-order chi connectivity index (χ0) is 24.6. The second-order valence-electron chi connectivity index (χ2n) is 7.81. The van der Waals surface area contributed by atoms with Crippen LogP contribution in [0.2, 0.25) is 0 Å². The minimum absolute atomic E-state index is 0.0385. The molecule has 6 nitrogen and oxygen atoms in total. The van der Waals surface area contributed by atoms with Crippen molar-refractivity contribution in [1.29, 1.82) is 0 Å². The summed E-state index contributed by atoms with van der Waals surface area (Å²) in [4.78, 5) is 28.9. The van der Waals surface area contributed by atoms with Crippen LogP contribution in [-0.4, -0.2) is 42.4 Å². The minimum atomic E-state index is -4.46. The lowest BCUT2D eigenvalue weighted by atomic mass is 9.90. The van der Waals surface area contributed by atoms with Crippen molar-refractivity contribution in [2.24, 2.45) is 4.99 Å². The van der Waals surface area contributed by atoms with Crippen LogP contribution >= 0.6 is 0 Å². The van der Waals surface area contributed by atoms with Gasteiger partial charge in [-0.25, -0.2) is 4.79 Å². The number of carbonyl (C=O) groups is 2. The van der Waals surface area contributed by atoms with E-state index in [0.29, 0.717) is 16.8 Å². The number of amides is 1. The van der Waals surface area contributed by atoms with Gasteiger partial charge in [-0.3, -0.25) is 9.79 Å². The quantitative estimate of drug-likeness (QED) is 0.537. The fourth-order valence-electron chi connectivity index (χ4n) is 3.61. The summed E-state index contributed by atoms with van der Waals surface area (Å²) < 4.78 is 50.5. The lowest BCUT2D eigenvalue weighted by Crippen LogP contribution is -2.52. The summed E-state index contributed by atoms with van der Waals surface area (Å²) in [5, 5.41) is 2.83. The van der Waals surface area contributed by atoms with Crippen LogP contribution in [0.1, 0.15) is 58.1 Å². The maximum Gasteiger partial charge on any atom is 0.416 e. The van der Waals surface area contributed by atoms with E-state index in [1.807, 2.05) is 13.8 Å². The van der Waals surface area contributed by atoms with E-state index in [-0.39, 0.29) is 31.6 Å². The summed E-state index contributed by atoms with van der Waals surface area (Å²) in [6.07, 6.45) is -1.99. The number of carbonyl (C=O) groups excluding carboxylic acids is 2. The largest absolute Gasteiger partial charge is 0.463 e. The molecule has 1 aromatic rings. The Morgan fingerprint density at radius 1 is 1.21 bits per heavy atom. The van der Waals surface area contributed by atoms with Crippen LogP contribution in [0.4, 0.5) is 13.2 Å². The lowest BCUT2D eigenvalue weighted by molar-refractivity contribution is -0.139. The molecule has 1 N–H and O–H groups in total. The van der Waals surface area contributed by atoms with Gasteiger partial charge in [0.1, 0.15) is 6.10 Å². The smallest absolute Gasteiger partial charge is 0.416 e. The normalized spacial score (nSPS) is 20.0. The number of nitrogens with one attached hydrogen (secondary N) is 1. The van der Waals surface area contributed by atoms with Crippen molar-refractivity contribution >= 4 is 17.6 Å². The summed E-state index contributed by atoms with van der Waals surface area (Å²) in [5.74, 6) is -0.818. The number of ether oxygens (including phenoxy) is 2. The monoisotopic (exact) mass is 468 g/mol. The van der Waals surface area contributed by atoms with Gasteiger partial charge in [-0.1, -0.05) is 26.0 Å². The van der Waals surface area contributed by atoms with Gasteiger partial charge in [0.2, 0.25) is 5.91 Å². The molecular formula is C24H31F3N2O4. The van der Waals surface area contributed by atoms with Crippen LogP contribution in [0.25, 0.3) is 0 Å². The fourth-order valence-corrected chi connectivity index (χ4v) is 3.61. The highest BCUT2D eigenvalue weighted by Crippen LogP contribution is 2.30. The van der Waals surface area contributed by atoms with Crippen molar-refractivity contribution in [1.82, 2.24) is 5.32 Å².